The number of sulfone groups is 1. The number of ether oxygens (including phenoxy) is 1. The SMILES string of the molecule is CC(C)CN(C(=O)c1ccccc1OCCN)c1ccc(S(=O)(=O)C(C(C)C)N(O)CC(N)=O)cc1. The molecule has 198 valence electrons. The fraction of sp³-hybridized carbons (Fsp3) is 0.440. The fourth-order valence-electron chi connectivity index (χ4n) is 3.82. The van der Waals surface area contributed by atoms with Gasteiger partial charge in [0.05, 0.1) is 10.5 Å². The van der Waals surface area contributed by atoms with Crippen molar-refractivity contribution in [2.75, 3.05) is 31.1 Å². The van der Waals surface area contributed by atoms with Crippen molar-refractivity contribution in [2.24, 2.45) is 23.3 Å². The summed E-state index contributed by atoms with van der Waals surface area (Å²) in [7, 11) is -4.07. The average Bonchev–Trinajstić information content (AvgIpc) is 2.80. The molecule has 11 heteroatoms. The number of nitrogens with two attached hydrogens (primary N) is 2. The van der Waals surface area contributed by atoms with Crippen LogP contribution in [-0.2, 0) is 14.6 Å². The van der Waals surface area contributed by atoms with Gasteiger partial charge >= 0.3 is 0 Å². The molecule has 0 saturated carbocycles. The number of hydrogen-bond donors (Lipinski definition) is 3. The van der Waals surface area contributed by atoms with E-state index in [1.807, 2.05) is 13.8 Å². The zero-order valence-electron chi connectivity index (χ0n) is 21.1. The van der Waals surface area contributed by atoms with Crippen LogP contribution in [0.4, 0.5) is 5.69 Å². The molecule has 10 nitrogen and oxygen atoms in total. The molecule has 0 fully saturated rings. The summed E-state index contributed by atoms with van der Waals surface area (Å²) in [5.74, 6) is -1.15. The lowest BCUT2D eigenvalue weighted by Gasteiger charge is -2.29. The van der Waals surface area contributed by atoms with E-state index in [0.29, 0.717) is 35.2 Å². The summed E-state index contributed by atoms with van der Waals surface area (Å²) in [5.41, 5.74) is 11.5. The lowest BCUT2D eigenvalue weighted by Crippen LogP contribution is -2.46. The van der Waals surface area contributed by atoms with Crippen molar-refractivity contribution in [3.63, 3.8) is 0 Å². The van der Waals surface area contributed by atoms with Crippen LogP contribution in [0.2, 0.25) is 0 Å². The molecular weight excluding hydrogens is 484 g/mol. The van der Waals surface area contributed by atoms with Gasteiger partial charge in [0.1, 0.15) is 24.3 Å². The minimum Gasteiger partial charge on any atom is -0.491 e. The van der Waals surface area contributed by atoms with Crippen molar-refractivity contribution in [3.05, 3.63) is 54.1 Å². The van der Waals surface area contributed by atoms with Crippen molar-refractivity contribution < 1.29 is 28.0 Å². The van der Waals surface area contributed by atoms with E-state index < -0.39 is 33.6 Å². The highest BCUT2D eigenvalue weighted by atomic mass is 32.2. The monoisotopic (exact) mass is 520 g/mol. The Morgan fingerprint density at radius 3 is 2.17 bits per heavy atom. The standard InChI is InChI=1S/C25H36N4O6S/c1-17(2)15-28(24(31)21-7-5-6-8-22(21)35-14-13-26)19-9-11-20(12-10-19)36(33,34)25(18(3)4)29(32)16-23(27)30/h5-12,17-18,25,32H,13-16,26H2,1-4H3,(H2,27,30). The van der Waals surface area contributed by atoms with E-state index in [1.165, 1.54) is 12.1 Å². The van der Waals surface area contributed by atoms with Gasteiger partial charge in [-0.2, -0.15) is 5.06 Å². The van der Waals surface area contributed by atoms with Crippen molar-refractivity contribution in [2.45, 2.75) is 38.0 Å². The predicted molar refractivity (Wildman–Crippen MR) is 137 cm³/mol. The zero-order chi connectivity index (χ0) is 27.0. The van der Waals surface area contributed by atoms with Gasteiger partial charge in [0.15, 0.2) is 9.84 Å². The summed E-state index contributed by atoms with van der Waals surface area (Å²) in [6, 6.07) is 12.7. The second kappa shape index (κ2) is 12.8. The molecule has 0 aliphatic heterocycles. The Morgan fingerprint density at radius 1 is 1.03 bits per heavy atom. The van der Waals surface area contributed by atoms with Crippen molar-refractivity contribution in [1.29, 1.82) is 0 Å². The van der Waals surface area contributed by atoms with Crippen LogP contribution in [0, 0.1) is 11.8 Å². The Balaban J connectivity index is 2.44. The lowest BCUT2D eigenvalue weighted by molar-refractivity contribution is -0.141. The number of amides is 2. The summed E-state index contributed by atoms with van der Waals surface area (Å²) in [4.78, 5) is 26.3. The van der Waals surface area contributed by atoms with Crippen molar-refractivity contribution in [1.82, 2.24) is 5.06 Å². The number of hydroxylamine groups is 2. The summed E-state index contributed by atoms with van der Waals surface area (Å²) in [5, 5.41) is 9.32. The quantitative estimate of drug-likeness (QED) is 0.340. The molecule has 1 atom stereocenters. The van der Waals surface area contributed by atoms with Crippen LogP contribution in [0.25, 0.3) is 0 Å². The summed E-state index contributed by atoms with van der Waals surface area (Å²) >= 11 is 0. The number of carbonyl (C=O) groups excluding carboxylic acids is 2. The lowest BCUT2D eigenvalue weighted by atomic mass is 10.1. The number of rotatable bonds is 13. The van der Waals surface area contributed by atoms with E-state index in [1.54, 1.807) is 55.1 Å². The zero-order valence-corrected chi connectivity index (χ0v) is 21.9. The number of anilines is 1. The van der Waals surface area contributed by atoms with Gasteiger partial charge in [0.2, 0.25) is 5.91 Å². The molecule has 0 bridgehead atoms. The second-order valence-corrected chi connectivity index (χ2v) is 11.2. The fourth-order valence-corrected chi connectivity index (χ4v) is 5.73. The minimum atomic E-state index is -4.07. The van der Waals surface area contributed by atoms with E-state index >= 15 is 0 Å². The van der Waals surface area contributed by atoms with Crippen LogP contribution in [0.15, 0.2) is 53.4 Å². The first-order valence-corrected chi connectivity index (χ1v) is 13.3. The summed E-state index contributed by atoms with van der Waals surface area (Å²) in [6.07, 6.45) is 0. The highest BCUT2D eigenvalue weighted by Gasteiger charge is 2.36. The molecule has 0 spiro atoms. The molecular formula is C25H36N4O6S. The van der Waals surface area contributed by atoms with Gasteiger partial charge in [0.25, 0.3) is 5.91 Å². The Labute approximate surface area is 212 Å². The van der Waals surface area contributed by atoms with E-state index in [4.69, 9.17) is 16.2 Å². The molecule has 0 aliphatic carbocycles. The second-order valence-electron chi connectivity index (χ2n) is 9.18. The Kier molecular flexibility index (Phi) is 10.4. The number of benzene rings is 2. The normalized spacial score (nSPS) is 12.7. The van der Waals surface area contributed by atoms with Crippen LogP contribution >= 0.6 is 0 Å². The molecule has 0 saturated heterocycles. The number of para-hydroxylation sites is 1. The first kappa shape index (κ1) is 29.2. The highest BCUT2D eigenvalue weighted by molar-refractivity contribution is 7.92. The van der Waals surface area contributed by atoms with Gasteiger partial charge in [-0.05, 0) is 48.2 Å². The molecule has 2 aromatic carbocycles. The first-order valence-electron chi connectivity index (χ1n) is 11.7. The van der Waals surface area contributed by atoms with Crippen LogP contribution in [0.5, 0.6) is 5.75 Å². The molecule has 1 unspecified atom stereocenters. The molecule has 0 aliphatic rings. The van der Waals surface area contributed by atoms with Crippen molar-refractivity contribution in [3.8, 4) is 5.75 Å². The predicted octanol–water partition coefficient (Wildman–Crippen LogP) is 2.26. The third-order valence-corrected chi connectivity index (χ3v) is 7.62. The third-order valence-electron chi connectivity index (χ3n) is 5.26. The van der Waals surface area contributed by atoms with Crippen LogP contribution < -0.4 is 21.1 Å². The van der Waals surface area contributed by atoms with Gasteiger partial charge in [0, 0.05) is 18.8 Å². The maximum Gasteiger partial charge on any atom is 0.262 e. The molecule has 36 heavy (non-hydrogen) atoms. The Bertz CT molecular complexity index is 1140. The molecule has 2 rings (SSSR count). The van der Waals surface area contributed by atoms with Gasteiger partial charge in [-0.3, -0.25) is 9.59 Å². The van der Waals surface area contributed by atoms with E-state index in [0.717, 1.165) is 0 Å². The molecule has 0 heterocycles. The smallest absolute Gasteiger partial charge is 0.262 e. The van der Waals surface area contributed by atoms with Crippen LogP contribution in [-0.4, -0.2) is 62.1 Å². The first-order chi connectivity index (χ1) is 16.9. The number of hydrogen-bond acceptors (Lipinski definition) is 8. The molecule has 2 aromatic rings. The van der Waals surface area contributed by atoms with E-state index in [9.17, 15) is 23.2 Å². The van der Waals surface area contributed by atoms with E-state index in [2.05, 4.69) is 0 Å². The Morgan fingerprint density at radius 2 is 1.64 bits per heavy atom. The van der Waals surface area contributed by atoms with E-state index in [-0.39, 0.29) is 23.3 Å². The largest absolute Gasteiger partial charge is 0.491 e. The number of carbonyl (C=O) groups is 2. The average molecular weight is 521 g/mol. The van der Waals surface area contributed by atoms with Crippen molar-refractivity contribution >= 4 is 27.3 Å². The highest BCUT2D eigenvalue weighted by Crippen LogP contribution is 2.28. The number of primary amides is 1. The number of nitrogens with zero attached hydrogens (tertiary/aromatic N) is 2. The van der Waals surface area contributed by atoms with Gasteiger partial charge in [-0.1, -0.05) is 39.8 Å². The summed E-state index contributed by atoms with van der Waals surface area (Å²) < 4.78 is 32.2. The molecule has 5 N–H and O–H groups in total. The maximum absolute atomic E-state index is 13.5. The topological polar surface area (TPSA) is 156 Å². The third kappa shape index (κ3) is 7.26. The van der Waals surface area contributed by atoms with Gasteiger partial charge < -0.3 is 26.3 Å². The summed E-state index contributed by atoms with van der Waals surface area (Å²) in [6.45, 7) is 7.50. The Hall–Kier alpha value is -2.99. The maximum atomic E-state index is 13.5. The minimum absolute atomic E-state index is 0.0582. The molecule has 0 aromatic heterocycles. The molecule has 0 radical (unpaired) electrons. The molecule has 2 amide bonds. The van der Waals surface area contributed by atoms with Crippen LogP contribution in [0.3, 0.4) is 0 Å². The van der Waals surface area contributed by atoms with Gasteiger partial charge in [-0.15, -0.1) is 0 Å². The van der Waals surface area contributed by atoms with Gasteiger partial charge in [-0.25, -0.2) is 8.42 Å². The van der Waals surface area contributed by atoms with Crippen LogP contribution in [0.1, 0.15) is 38.1 Å².